The first-order chi connectivity index (χ1) is 9.93. The average Bonchev–Trinajstić information content (AvgIpc) is 2.44. The van der Waals surface area contributed by atoms with Crippen LogP contribution in [0.25, 0.3) is 0 Å². The molecule has 0 atom stereocenters. The van der Waals surface area contributed by atoms with Crippen LogP contribution in [0.3, 0.4) is 0 Å². The summed E-state index contributed by atoms with van der Waals surface area (Å²) in [4.78, 5) is 15.2. The largest absolute Gasteiger partial charge is 0.340 e. The number of unbranched alkanes of at least 4 members (excludes halogenated alkanes) is 2. The maximum Gasteiger partial charge on any atom is 0.257 e. The van der Waals surface area contributed by atoms with E-state index in [0.717, 1.165) is 32.2 Å². The molecule has 0 aromatic carbocycles. The van der Waals surface area contributed by atoms with Gasteiger partial charge in [-0.05, 0) is 48.0 Å². The number of piperidine rings is 1. The Morgan fingerprint density at radius 3 is 2.09 bits per heavy atom. The summed E-state index contributed by atoms with van der Waals surface area (Å²) in [5.41, 5.74) is -1.39. The molecule has 2 aliphatic rings. The fourth-order valence-corrected chi connectivity index (χ4v) is 4.68. The number of nitrogens with one attached hydrogen (secondary N) is 1. The van der Waals surface area contributed by atoms with E-state index < -0.39 is 11.3 Å². The van der Waals surface area contributed by atoms with Crippen molar-refractivity contribution in [1.82, 2.24) is 10.2 Å². The lowest BCUT2D eigenvalue weighted by atomic mass is 9.72. The van der Waals surface area contributed by atoms with Crippen LogP contribution in [0.5, 0.6) is 0 Å². The zero-order valence-electron chi connectivity index (χ0n) is 15.5. The standard InChI is InChI=1S/C18H34N2O2/c1-8-9-10-11-20-14(21)18(22-17(20,6)7)12-15(2,3)19-16(4,5)13-18/h19H,8-13H2,1-7H3. The molecule has 0 radical (unpaired) electrons. The molecule has 2 heterocycles. The van der Waals surface area contributed by atoms with Crippen molar-refractivity contribution in [2.75, 3.05) is 6.54 Å². The predicted octanol–water partition coefficient (Wildman–Crippen LogP) is 3.45. The molecular weight excluding hydrogens is 276 g/mol. The number of ether oxygens (including phenoxy) is 1. The molecule has 128 valence electrons. The minimum Gasteiger partial charge on any atom is -0.340 e. The van der Waals surface area contributed by atoms with Crippen molar-refractivity contribution < 1.29 is 9.53 Å². The third kappa shape index (κ3) is 3.33. The summed E-state index contributed by atoms with van der Waals surface area (Å²) < 4.78 is 6.44. The number of rotatable bonds is 4. The van der Waals surface area contributed by atoms with Crippen molar-refractivity contribution in [2.24, 2.45) is 0 Å². The van der Waals surface area contributed by atoms with E-state index in [1.165, 1.54) is 6.42 Å². The van der Waals surface area contributed by atoms with Gasteiger partial charge in [0.05, 0.1) is 0 Å². The molecule has 0 unspecified atom stereocenters. The van der Waals surface area contributed by atoms with E-state index in [1.54, 1.807) is 0 Å². The van der Waals surface area contributed by atoms with Gasteiger partial charge in [0.2, 0.25) is 0 Å². The molecule has 0 aliphatic carbocycles. The second-order valence-electron chi connectivity index (χ2n) is 8.95. The predicted molar refractivity (Wildman–Crippen MR) is 89.7 cm³/mol. The molecule has 0 aromatic heterocycles. The molecule has 2 fully saturated rings. The first-order valence-electron chi connectivity index (χ1n) is 8.75. The van der Waals surface area contributed by atoms with E-state index in [9.17, 15) is 4.79 Å². The molecule has 0 bridgehead atoms. The van der Waals surface area contributed by atoms with Crippen molar-refractivity contribution in [3.8, 4) is 0 Å². The molecule has 0 saturated carbocycles. The smallest absolute Gasteiger partial charge is 0.257 e. The molecule has 2 saturated heterocycles. The monoisotopic (exact) mass is 310 g/mol. The molecule has 4 heteroatoms. The zero-order valence-corrected chi connectivity index (χ0v) is 15.5. The topological polar surface area (TPSA) is 41.6 Å². The van der Waals surface area contributed by atoms with Gasteiger partial charge < -0.3 is 15.0 Å². The van der Waals surface area contributed by atoms with Crippen molar-refractivity contribution in [1.29, 1.82) is 0 Å². The van der Waals surface area contributed by atoms with E-state index in [1.807, 2.05) is 18.7 Å². The Balaban J connectivity index is 2.26. The Morgan fingerprint density at radius 1 is 1.05 bits per heavy atom. The molecular formula is C18H34N2O2. The first-order valence-corrected chi connectivity index (χ1v) is 8.75. The van der Waals surface area contributed by atoms with Crippen LogP contribution in [0.1, 0.15) is 80.6 Å². The quantitative estimate of drug-likeness (QED) is 0.809. The van der Waals surface area contributed by atoms with Crippen LogP contribution < -0.4 is 5.32 Å². The minimum absolute atomic E-state index is 0.104. The van der Waals surface area contributed by atoms with Gasteiger partial charge in [-0.3, -0.25) is 4.79 Å². The number of carbonyl (C=O) groups excluding carboxylic acids is 1. The molecule has 4 nitrogen and oxygen atoms in total. The van der Waals surface area contributed by atoms with Crippen LogP contribution in [-0.4, -0.2) is 39.8 Å². The third-order valence-corrected chi connectivity index (χ3v) is 4.85. The van der Waals surface area contributed by atoms with E-state index >= 15 is 0 Å². The maximum atomic E-state index is 13.2. The lowest BCUT2D eigenvalue weighted by Crippen LogP contribution is -2.65. The SMILES string of the molecule is CCCCCN1C(=O)C2(CC(C)(C)NC(C)(C)C2)OC1(C)C. The van der Waals surface area contributed by atoms with Gasteiger partial charge in [0.25, 0.3) is 5.91 Å². The molecule has 0 aromatic rings. The van der Waals surface area contributed by atoms with Gasteiger partial charge in [-0.25, -0.2) is 0 Å². The molecule has 1 N–H and O–H groups in total. The summed E-state index contributed by atoms with van der Waals surface area (Å²) in [5, 5.41) is 3.65. The van der Waals surface area contributed by atoms with Crippen LogP contribution in [0.15, 0.2) is 0 Å². The second-order valence-corrected chi connectivity index (χ2v) is 8.95. The van der Waals surface area contributed by atoms with Gasteiger partial charge in [-0.2, -0.15) is 0 Å². The summed E-state index contributed by atoms with van der Waals surface area (Å²) in [6.45, 7) is 15.7. The van der Waals surface area contributed by atoms with Crippen LogP contribution in [0.4, 0.5) is 0 Å². The minimum atomic E-state index is -0.673. The van der Waals surface area contributed by atoms with Crippen molar-refractivity contribution in [3.05, 3.63) is 0 Å². The lowest BCUT2D eigenvalue weighted by molar-refractivity contribution is -0.157. The third-order valence-electron chi connectivity index (χ3n) is 4.85. The van der Waals surface area contributed by atoms with Crippen molar-refractivity contribution >= 4 is 5.91 Å². The summed E-state index contributed by atoms with van der Waals surface area (Å²) in [6.07, 6.45) is 4.84. The highest BCUT2D eigenvalue weighted by atomic mass is 16.6. The molecule has 1 spiro atoms. The van der Waals surface area contributed by atoms with Crippen LogP contribution in [-0.2, 0) is 9.53 Å². The van der Waals surface area contributed by atoms with Gasteiger partial charge >= 0.3 is 0 Å². The second kappa shape index (κ2) is 5.48. The Morgan fingerprint density at radius 2 is 1.59 bits per heavy atom. The van der Waals surface area contributed by atoms with E-state index in [2.05, 4.69) is 39.9 Å². The maximum absolute atomic E-state index is 13.2. The molecule has 22 heavy (non-hydrogen) atoms. The normalized spacial score (nSPS) is 28.3. The summed E-state index contributed by atoms with van der Waals surface area (Å²) >= 11 is 0. The van der Waals surface area contributed by atoms with Crippen molar-refractivity contribution in [2.45, 2.75) is 103 Å². The van der Waals surface area contributed by atoms with Gasteiger partial charge in [0.1, 0.15) is 5.72 Å². The Kier molecular flexibility index (Phi) is 4.42. The Labute approximate surface area is 136 Å². The number of hydrogen-bond donors (Lipinski definition) is 1. The summed E-state index contributed by atoms with van der Waals surface area (Å²) in [7, 11) is 0. The van der Waals surface area contributed by atoms with Gasteiger partial charge in [0.15, 0.2) is 5.60 Å². The van der Waals surface area contributed by atoms with Crippen molar-refractivity contribution in [3.63, 3.8) is 0 Å². The lowest BCUT2D eigenvalue weighted by Gasteiger charge is -2.50. The van der Waals surface area contributed by atoms with Gasteiger partial charge in [-0.1, -0.05) is 19.8 Å². The molecule has 2 aliphatic heterocycles. The van der Waals surface area contributed by atoms with Gasteiger partial charge in [-0.15, -0.1) is 0 Å². The van der Waals surface area contributed by atoms with Gasteiger partial charge in [0, 0.05) is 30.5 Å². The fourth-order valence-electron chi connectivity index (χ4n) is 4.68. The van der Waals surface area contributed by atoms with E-state index in [-0.39, 0.29) is 17.0 Å². The number of nitrogens with zero attached hydrogens (tertiary/aromatic N) is 1. The highest BCUT2D eigenvalue weighted by Crippen LogP contribution is 2.47. The zero-order chi connectivity index (χ0) is 16.8. The average molecular weight is 310 g/mol. The number of carbonyl (C=O) groups is 1. The fraction of sp³-hybridized carbons (Fsp3) is 0.944. The van der Waals surface area contributed by atoms with E-state index in [0.29, 0.717) is 0 Å². The molecule has 1 amide bonds. The van der Waals surface area contributed by atoms with E-state index in [4.69, 9.17) is 4.74 Å². The molecule has 2 rings (SSSR count). The number of amides is 1. The first kappa shape index (κ1) is 17.7. The Bertz CT molecular complexity index is 424. The van der Waals surface area contributed by atoms with Crippen LogP contribution in [0.2, 0.25) is 0 Å². The highest BCUT2D eigenvalue weighted by molar-refractivity contribution is 5.88. The van der Waals surface area contributed by atoms with Crippen LogP contribution in [0, 0.1) is 0 Å². The van der Waals surface area contributed by atoms with Crippen LogP contribution >= 0.6 is 0 Å². The Hall–Kier alpha value is -0.610. The summed E-state index contributed by atoms with van der Waals surface area (Å²) in [6, 6.07) is 0. The number of hydrogen-bond acceptors (Lipinski definition) is 3. The summed E-state index contributed by atoms with van der Waals surface area (Å²) in [5.74, 6) is 0.191. The highest BCUT2D eigenvalue weighted by Gasteiger charge is 2.61.